The Bertz CT molecular complexity index is 833. The molecular formula is C17H20N6O3. The van der Waals surface area contributed by atoms with Gasteiger partial charge in [0.1, 0.15) is 6.04 Å². The Morgan fingerprint density at radius 3 is 2.85 bits per heavy atom. The number of imidazole rings is 1. The maximum Gasteiger partial charge on any atom is 0.322 e. The third-order valence-electron chi connectivity index (χ3n) is 4.25. The Hall–Kier alpha value is -3.36. The van der Waals surface area contributed by atoms with Crippen molar-refractivity contribution in [2.45, 2.75) is 19.4 Å². The number of hydrogen-bond donors (Lipinski definition) is 4. The molecule has 1 fully saturated rings. The van der Waals surface area contributed by atoms with Gasteiger partial charge >= 0.3 is 6.03 Å². The minimum absolute atomic E-state index is 0.195. The number of nitrogens with one attached hydrogen (secondary N) is 3. The number of aromatic nitrogens is 2. The molecule has 0 saturated carbocycles. The molecule has 0 aliphatic carbocycles. The predicted molar refractivity (Wildman–Crippen MR) is 94.7 cm³/mol. The van der Waals surface area contributed by atoms with E-state index >= 15 is 0 Å². The number of rotatable bonds is 6. The number of nitrogens with zero attached hydrogens (tertiary/aromatic N) is 2. The molecule has 2 heterocycles. The number of carbonyl (C=O) groups is 3. The largest absolute Gasteiger partial charge is 0.368 e. The van der Waals surface area contributed by atoms with Crippen molar-refractivity contribution in [1.29, 1.82) is 0 Å². The molecule has 1 saturated heterocycles. The van der Waals surface area contributed by atoms with Crippen LogP contribution in [-0.2, 0) is 11.2 Å². The molecule has 1 aromatic carbocycles. The Morgan fingerprint density at radius 2 is 2.23 bits per heavy atom. The van der Waals surface area contributed by atoms with Crippen LogP contribution in [0.5, 0.6) is 0 Å². The van der Waals surface area contributed by atoms with E-state index in [1.54, 1.807) is 29.3 Å². The third-order valence-corrected chi connectivity index (χ3v) is 4.25. The van der Waals surface area contributed by atoms with E-state index in [1.165, 1.54) is 6.33 Å². The molecule has 5 N–H and O–H groups in total. The fourth-order valence-corrected chi connectivity index (χ4v) is 2.82. The van der Waals surface area contributed by atoms with Crippen LogP contribution in [0.25, 0.3) is 0 Å². The van der Waals surface area contributed by atoms with Gasteiger partial charge < -0.3 is 21.4 Å². The summed E-state index contributed by atoms with van der Waals surface area (Å²) < 4.78 is 0. The van der Waals surface area contributed by atoms with Gasteiger partial charge in [-0.05, 0) is 24.6 Å². The highest BCUT2D eigenvalue weighted by Crippen LogP contribution is 2.23. The van der Waals surface area contributed by atoms with Crippen molar-refractivity contribution in [3.63, 3.8) is 0 Å². The number of urea groups is 1. The second kappa shape index (κ2) is 7.26. The smallest absolute Gasteiger partial charge is 0.322 e. The molecule has 1 atom stereocenters. The van der Waals surface area contributed by atoms with Crippen molar-refractivity contribution in [2.24, 2.45) is 5.73 Å². The molecule has 136 valence electrons. The van der Waals surface area contributed by atoms with Gasteiger partial charge in [0.25, 0.3) is 5.91 Å². The highest BCUT2D eigenvalue weighted by molar-refractivity contribution is 6.00. The van der Waals surface area contributed by atoms with E-state index in [4.69, 9.17) is 5.73 Å². The van der Waals surface area contributed by atoms with E-state index in [0.29, 0.717) is 30.0 Å². The molecule has 4 amide bonds. The molecular weight excluding hydrogens is 336 g/mol. The third kappa shape index (κ3) is 3.66. The van der Waals surface area contributed by atoms with E-state index in [1.807, 2.05) is 6.92 Å². The first-order chi connectivity index (χ1) is 12.5. The lowest BCUT2D eigenvalue weighted by Gasteiger charge is -2.19. The van der Waals surface area contributed by atoms with Gasteiger partial charge in [-0.25, -0.2) is 9.78 Å². The van der Waals surface area contributed by atoms with Crippen molar-refractivity contribution >= 4 is 23.5 Å². The number of carbonyl (C=O) groups excluding carboxylic acids is 3. The number of hydrogen-bond acceptors (Lipinski definition) is 4. The summed E-state index contributed by atoms with van der Waals surface area (Å²) in [4.78, 5) is 44.5. The van der Waals surface area contributed by atoms with E-state index in [-0.39, 0.29) is 12.5 Å². The van der Waals surface area contributed by atoms with Crippen LogP contribution in [0.2, 0.25) is 0 Å². The summed E-state index contributed by atoms with van der Waals surface area (Å²) in [7, 11) is 0. The Balaban J connectivity index is 1.78. The van der Waals surface area contributed by atoms with Gasteiger partial charge in [0.15, 0.2) is 0 Å². The summed E-state index contributed by atoms with van der Waals surface area (Å²) >= 11 is 0. The van der Waals surface area contributed by atoms with E-state index in [2.05, 4.69) is 20.6 Å². The molecule has 0 spiro atoms. The number of nitrogens with two attached hydrogens (primary N) is 1. The fraction of sp³-hybridized carbons (Fsp3) is 0.294. The van der Waals surface area contributed by atoms with Crippen molar-refractivity contribution in [3.8, 4) is 0 Å². The maximum absolute atomic E-state index is 12.6. The average Bonchev–Trinajstić information content (AvgIpc) is 3.26. The average molecular weight is 356 g/mol. The molecule has 1 aromatic heterocycles. The zero-order valence-electron chi connectivity index (χ0n) is 14.3. The van der Waals surface area contributed by atoms with Crippen LogP contribution in [0.15, 0.2) is 30.7 Å². The van der Waals surface area contributed by atoms with Crippen LogP contribution < -0.4 is 21.3 Å². The van der Waals surface area contributed by atoms with Gasteiger partial charge in [0.05, 0.1) is 6.33 Å². The van der Waals surface area contributed by atoms with Gasteiger partial charge in [-0.3, -0.25) is 14.5 Å². The van der Waals surface area contributed by atoms with E-state index in [9.17, 15) is 14.4 Å². The summed E-state index contributed by atoms with van der Waals surface area (Å²) in [5.41, 5.74) is 7.98. The number of benzene rings is 1. The lowest BCUT2D eigenvalue weighted by atomic mass is 10.1. The summed E-state index contributed by atoms with van der Waals surface area (Å²) in [5.74, 6) is -1.08. The second-order valence-electron chi connectivity index (χ2n) is 6.09. The summed E-state index contributed by atoms with van der Waals surface area (Å²) in [6.45, 7) is 2.96. The normalized spacial score (nSPS) is 14.8. The van der Waals surface area contributed by atoms with Crippen LogP contribution >= 0.6 is 0 Å². The molecule has 1 aliphatic rings. The predicted octanol–water partition coefficient (Wildman–Crippen LogP) is 0.0741. The Kier molecular flexibility index (Phi) is 4.87. The van der Waals surface area contributed by atoms with Crippen LogP contribution in [0.1, 0.15) is 21.6 Å². The van der Waals surface area contributed by atoms with Crippen molar-refractivity contribution in [2.75, 3.05) is 18.0 Å². The van der Waals surface area contributed by atoms with Crippen LogP contribution in [0.4, 0.5) is 10.5 Å². The molecule has 0 bridgehead atoms. The fourth-order valence-electron chi connectivity index (χ4n) is 2.82. The van der Waals surface area contributed by atoms with Gasteiger partial charge in [0, 0.05) is 42.7 Å². The first-order valence-electron chi connectivity index (χ1n) is 8.19. The molecule has 1 aliphatic heterocycles. The second-order valence-corrected chi connectivity index (χ2v) is 6.09. The number of aromatic amines is 1. The lowest BCUT2D eigenvalue weighted by molar-refractivity contribution is -0.119. The molecule has 26 heavy (non-hydrogen) atoms. The number of aryl methyl sites for hydroxylation is 1. The topological polar surface area (TPSA) is 133 Å². The number of H-pyrrole nitrogens is 1. The van der Waals surface area contributed by atoms with Crippen LogP contribution in [0, 0.1) is 6.92 Å². The van der Waals surface area contributed by atoms with Gasteiger partial charge in [0.2, 0.25) is 5.91 Å². The Morgan fingerprint density at radius 1 is 1.42 bits per heavy atom. The highest BCUT2D eigenvalue weighted by atomic mass is 16.2. The lowest BCUT2D eigenvalue weighted by Crippen LogP contribution is -2.46. The van der Waals surface area contributed by atoms with Crippen molar-refractivity contribution < 1.29 is 14.4 Å². The van der Waals surface area contributed by atoms with E-state index in [0.717, 1.165) is 5.56 Å². The number of amides is 4. The Labute approximate surface area is 150 Å². The first kappa shape index (κ1) is 17.5. The summed E-state index contributed by atoms with van der Waals surface area (Å²) in [6, 6.07) is 3.99. The molecule has 0 unspecified atom stereocenters. The maximum atomic E-state index is 12.6. The molecule has 2 aromatic rings. The van der Waals surface area contributed by atoms with Gasteiger partial charge in [-0.15, -0.1) is 0 Å². The quantitative estimate of drug-likeness (QED) is 0.583. The molecule has 0 radical (unpaired) electrons. The number of primary amides is 1. The van der Waals surface area contributed by atoms with E-state index < -0.39 is 17.9 Å². The van der Waals surface area contributed by atoms with Gasteiger partial charge in [-0.1, -0.05) is 6.07 Å². The number of anilines is 1. The van der Waals surface area contributed by atoms with Crippen LogP contribution in [0.3, 0.4) is 0 Å². The minimum Gasteiger partial charge on any atom is -0.368 e. The summed E-state index contributed by atoms with van der Waals surface area (Å²) in [6.07, 6.45) is 3.27. The van der Waals surface area contributed by atoms with Gasteiger partial charge in [-0.2, -0.15) is 0 Å². The monoisotopic (exact) mass is 356 g/mol. The molecule has 9 nitrogen and oxygen atoms in total. The molecule has 3 rings (SSSR count). The summed E-state index contributed by atoms with van der Waals surface area (Å²) in [5, 5.41) is 5.37. The minimum atomic E-state index is -0.872. The zero-order valence-corrected chi connectivity index (χ0v) is 14.3. The highest BCUT2D eigenvalue weighted by Gasteiger charge is 2.25. The molecule has 9 heteroatoms. The van der Waals surface area contributed by atoms with Crippen LogP contribution in [-0.4, -0.2) is 46.9 Å². The van der Waals surface area contributed by atoms with Crippen molar-refractivity contribution in [3.05, 3.63) is 47.5 Å². The first-order valence-corrected chi connectivity index (χ1v) is 8.19. The van der Waals surface area contributed by atoms with Crippen molar-refractivity contribution in [1.82, 2.24) is 20.6 Å². The zero-order chi connectivity index (χ0) is 18.7. The SMILES string of the molecule is Cc1ccc(C(=O)N[C@@H](Cc2cnc[nH]2)C(N)=O)cc1N1CCNC1=O. The standard InChI is InChI=1S/C17H20N6O3/c1-10-2-3-11(6-14(10)23-5-4-20-17(23)26)16(25)22-13(15(18)24)7-12-8-19-9-21-12/h2-3,6,8-9,13H,4-5,7H2,1H3,(H2,18,24)(H,19,21)(H,20,26)(H,22,25)/t13-/m0/s1.